The van der Waals surface area contributed by atoms with Crippen molar-refractivity contribution in [1.82, 2.24) is 20.1 Å². The number of nitrogens with one attached hydrogen (secondary N) is 2. The minimum absolute atomic E-state index is 0.00862. The number of thiazole rings is 1. The van der Waals surface area contributed by atoms with Crippen LogP contribution in [0.1, 0.15) is 52.0 Å². The van der Waals surface area contributed by atoms with Gasteiger partial charge in [-0.05, 0) is 62.1 Å². The van der Waals surface area contributed by atoms with Gasteiger partial charge in [0, 0.05) is 44.8 Å². The van der Waals surface area contributed by atoms with Crippen LogP contribution in [0.15, 0.2) is 51.7 Å². The second-order valence-electron chi connectivity index (χ2n) is 12.0. The van der Waals surface area contributed by atoms with Crippen LogP contribution in [0.2, 0.25) is 0 Å². The average molecular weight is 637 g/mol. The number of amides is 1. The topological polar surface area (TPSA) is 140 Å². The van der Waals surface area contributed by atoms with Gasteiger partial charge in [-0.2, -0.15) is 0 Å². The zero-order chi connectivity index (χ0) is 31.6. The van der Waals surface area contributed by atoms with Crippen LogP contribution in [0, 0.1) is 13.8 Å². The number of aromatic amines is 1. The number of ether oxygens (including phenoxy) is 2. The molecule has 2 aliphatic rings. The second kappa shape index (κ2) is 13.4. The number of aliphatic hydroxyl groups is 1. The summed E-state index contributed by atoms with van der Waals surface area (Å²) >= 11 is 0.977. The molecule has 0 bridgehead atoms. The van der Waals surface area contributed by atoms with Gasteiger partial charge in [0.1, 0.15) is 29.4 Å². The molecule has 6 rings (SSSR count). The Labute approximate surface area is 265 Å². The van der Waals surface area contributed by atoms with Crippen LogP contribution in [0.5, 0.6) is 11.5 Å². The highest BCUT2D eigenvalue weighted by molar-refractivity contribution is 7.16. The van der Waals surface area contributed by atoms with Crippen LogP contribution in [-0.2, 0) is 11.3 Å². The van der Waals surface area contributed by atoms with Crippen molar-refractivity contribution in [2.75, 3.05) is 52.5 Å². The van der Waals surface area contributed by atoms with E-state index < -0.39 is 6.10 Å². The van der Waals surface area contributed by atoms with Crippen molar-refractivity contribution < 1.29 is 28.9 Å². The number of aliphatic hydroxyl groups excluding tert-OH is 1. The average Bonchev–Trinajstić information content (AvgIpc) is 3.60. The standard InChI is InChI=1S/C33H40N4O7S/c1-21-17-28(44-22(21)2)31(40)37-14-16-43-33(20-37)9-11-36(12-10-33)13-15-42-24-5-3-23(4-6-24)18-34-19-27(39)25-7-8-26(38)29-30(25)45-32(41)35-29/h3-8,17,27,34,38-39H,9-16,18-20H2,1-2H3,(H,35,41)/t27-/m0/s1. The number of morpholine rings is 1. The van der Waals surface area contributed by atoms with E-state index in [1.807, 2.05) is 49.1 Å². The van der Waals surface area contributed by atoms with Gasteiger partial charge in [0.2, 0.25) is 0 Å². The Kier molecular flexibility index (Phi) is 9.29. The van der Waals surface area contributed by atoms with Crippen LogP contribution in [0.25, 0.3) is 10.2 Å². The second-order valence-corrected chi connectivity index (χ2v) is 13.0. The molecule has 1 atom stereocenters. The highest BCUT2D eigenvalue weighted by Gasteiger charge is 2.41. The van der Waals surface area contributed by atoms with Gasteiger partial charge >= 0.3 is 4.87 Å². The summed E-state index contributed by atoms with van der Waals surface area (Å²) in [7, 11) is 0. The fourth-order valence-electron chi connectivity index (χ4n) is 6.10. The van der Waals surface area contributed by atoms with E-state index in [0.717, 1.165) is 66.4 Å². The van der Waals surface area contributed by atoms with Gasteiger partial charge in [-0.15, -0.1) is 0 Å². The number of phenolic OH excluding ortho intramolecular Hbond substituents is 1. The number of carbonyl (C=O) groups excluding carboxylic acids is 1. The van der Waals surface area contributed by atoms with Crippen molar-refractivity contribution in [3.63, 3.8) is 0 Å². The van der Waals surface area contributed by atoms with Crippen molar-refractivity contribution in [3.05, 3.63) is 80.3 Å². The van der Waals surface area contributed by atoms with E-state index in [1.165, 1.54) is 6.07 Å². The molecule has 0 radical (unpaired) electrons. The molecular weight excluding hydrogens is 596 g/mol. The number of rotatable bonds is 10. The Balaban J connectivity index is 0.912. The monoisotopic (exact) mass is 636 g/mol. The lowest BCUT2D eigenvalue weighted by molar-refractivity contribution is -0.127. The number of aromatic hydroxyl groups is 1. The number of fused-ring (bicyclic) bond motifs is 1. The summed E-state index contributed by atoms with van der Waals surface area (Å²) in [6.45, 7) is 9.56. The Bertz CT molecular complexity index is 1670. The molecule has 0 aliphatic carbocycles. The molecular formula is C33H40N4O7S. The predicted molar refractivity (Wildman–Crippen MR) is 171 cm³/mol. The third-order valence-electron chi connectivity index (χ3n) is 8.89. The summed E-state index contributed by atoms with van der Waals surface area (Å²) in [5.41, 5.74) is 2.70. The summed E-state index contributed by atoms with van der Waals surface area (Å²) in [6, 6.07) is 12.8. The smallest absolute Gasteiger partial charge is 0.305 e. The molecule has 1 spiro atoms. The quantitative estimate of drug-likeness (QED) is 0.205. The number of nitrogens with zero attached hydrogens (tertiary/aromatic N) is 2. The number of likely N-dealkylation sites (tertiary alicyclic amines) is 1. The first-order valence-corrected chi connectivity index (χ1v) is 16.2. The number of carbonyl (C=O) groups is 1. The van der Waals surface area contributed by atoms with Crippen molar-refractivity contribution in [2.24, 2.45) is 0 Å². The molecule has 240 valence electrons. The minimum atomic E-state index is -0.826. The molecule has 45 heavy (non-hydrogen) atoms. The molecule has 4 aromatic rings. The molecule has 2 aliphatic heterocycles. The largest absolute Gasteiger partial charge is 0.506 e. The first-order valence-electron chi connectivity index (χ1n) is 15.4. The Morgan fingerprint density at radius 3 is 2.67 bits per heavy atom. The van der Waals surface area contributed by atoms with Gasteiger partial charge < -0.3 is 39.3 Å². The summed E-state index contributed by atoms with van der Waals surface area (Å²) in [5, 5.41) is 23.9. The summed E-state index contributed by atoms with van der Waals surface area (Å²) < 4.78 is 18.5. The maximum absolute atomic E-state index is 13.1. The zero-order valence-corrected chi connectivity index (χ0v) is 26.5. The molecule has 0 unspecified atom stereocenters. The molecule has 2 aromatic carbocycles. The van der Waals surface area contributed by atoms with Crippen LogP contribution < -0.4 is 14.9 Å². The van der Waals surface area contributed by atoms with Gasteiger partial charge in [0.15, 0.2) is 5.76 Å². The number of furan rings is 1. The van der Waals surface area contributed by atoms with Gasteiger partial charge in [0.25, 0.3) is 5.91 Å². The van der Waals surface area contributed by atoms with Crippen LogP contribution >= 0.6 is 11.3 Å². The number of phenols is 1. The molecule has 2 aromatic heterocycles. The lowest BCUT2D eigenvalue weighted by atomic mass is 9.89. The molecule has 2 fully saturated rings. The van der Waals surface area contributed by atoms with Gasteiger partial charge in [-0.1, -0.05) is 29.5 Å². The first kappa shape index (κ1) is 31.3. The Morgan fingerprint density at radius 1 is 1.16 bits per heavy atom. The maximum atomic E-state index is 13.1. The van der Waals surface area contributed by atoms with Crippen molar-refractivity contribution in [2.45, 2.75) is 44.9 Å². The maximum Gasteiger partial charge on any atom is 0.305 e. The highest BCUT2D eigenvalue weighted by Crippen LogP contribution is 2.32. The van der Waals surface area contributed by atoms with E-state index in [9.17, 15) is 19.8 Å². The Hall–Kier alpha value is -3.68. The molecule has 1 amide bonds. The fraction of sp³-hybridized carbons (Fsp3) is 0.455. The number of aromatic nitrogens is 1. The number of benzene rings is 2. The van der Waals surface area contributed by atoms with E-state index in [1.54, 1.807) is 6.07 Å². The highest BCUT2D eigenvalue weighted by atomic mass is 32.1. The molecule has 0 saturated carbocycles. The first-order chi connectivity index (χ1) is 21.7. The number of hydrogen-bond donors (Lipinski definition) is 4. The third kappa shape index (κ3) is 7.10. The van der Waals surface area contributed by atoms with Crippen LogP contribution in [0.4, 0.5) is 0 Å². The van der Waals surface area contributed by atoms with E-state index in [4.69, 9.17) is 13.9 Å². The van der Waals surface area contributed by atoms with E-state index in [-0.39, 0.29) is 22.1 Å². The van der Waals surface area contributed by atoms with E-state index >= 15 is 0 Å². The van der Waals surface area contributed by atoms with Gasteiger partial charge in [0.05, 0.1) is 29.6 Å². The van der Waals surface area contributed by atoms with E-state index in [2.05, 4.69) is 15.2 Å². The number of hydrogen-bond acceptors (Lipinski definition) is 10. The minimum Gasteiger partial charge on any atom is -0.506 e. The third-order valence-corrected chi connectivity index (χ3v) is 9.82. The molecule has 2 saturated heterocycles. The van der Waals surface area contributed by atoms with Gasteiger partial charge in [-0.3, -0.25) is 14.5 Å². The molecule has 11 nitrogen and oxygen atoms in total. The molecule has 4 heterocycles. The van der Waals surface area contributed by atoms with Crippen molar-refractivity contribution in [3.8, 4) is 11.5 Å². The van der Waals surface area contributed by atoms with E-state index in [0.29, 0.717) is 60.9 Å². The number of piperidine rings is 1. The Morgan fingerprint density at radius 2 is 1.93 bits per heavy atom. The van der Waals surface area contributed by atoms with Crippen LogP contribution in [0.3, 0.4) is 0 Å². The predicted octanol–water partition coefficient (Wildman–Crippen LogP) is 3.71. The fourth-order valence-corrected chi connectivity index (χ4v) is 7.02. The number of aryl methyl sites for hydroxylation is 2. The van der Waals surface area contributed by atoms with Crippen LogP contribution in [-0.4, -0.2) is 89.0 Å². The van der Waals surface area contributed by atoms with Crippen molar-refractivity contribution in [1.29, 1.82) is 0 Å². The summed E-state index contributed by atoms with van der Waals surface area (Å²) in [5.74, 6) is 1.92. The number of H-pyrrole nitrogens is 1. The summed E-state index contributed by atoms with van der Waals surface area (Å²) in [6.07, 6.45) is 0.909. The molecule has 12 heteroatoms. The zero-order valence-electron chi connectivity index (χ0n) is 25.6. The molecule has 4 N–H and O–H groups in total. The lowest BCUT2D eigenvalue weighted by Crippen LogP contribution is -2.58. The van der Waals surface area contributed by atoms with Crippen molar-refractivity contribution >= 4 is 27.5 Å². The SMILES string of the molecule is Cc1cc(C(=O)N2CCOC3(CCN(CCOc4ccc(CNC[C@H](O)c5ccc(O)c6[nH]c(=O)sc56)cc4)CC3)C2)oc1C. The normalized spacial score (nSPS) is 17.6. The summed E-state index contributed by atoms with van der Waals surface area (Å²) in [4.78, 5) is 31.4. The lowest BCUT2D eigenvalue weighted by Gasteiger charge is -2.47. The van der Waals surface area contributed by atoms with Gasteiger partial charge in [-0.25, -0.2) is 0 Å².